The van der Waals surface area contributed by atoms with Gasteiger partial charge in [0, 0.05) is 12.6 Å². The second kappa shape index (κ2) is 8.24. The first-order valence-corrected chi connectivity index (χ1v) is 11.5. The highest BCUT2D eigenvalue weighted by molar-refractivity contribution is 7.91. The second-order valence-corrected chi connectivity index (χ2v) is 9.47. The van der Waals surface area contributed by atoms with Gasteiger partial charge in [-0.1, -0.05) is 30.3 Å². The standard InChI is InChI=1S/C21H23N3O4S/c25-21(22-11-4-8-16-6-2-1-3-7-16)18-14-19(20-9-5-12-28-20)24(23-18)17-10-13-29(26,27)15-17/h1-3,5-7,9,12,14,17H,4,8,10-11,13,15H2,(H,22,25). The van der Waals surface area contributed by atoms with E-state index in [0.717, 1.165) is 12.8 Å². The summed E-state index contributed by atoms with van der Waals surface area (Å²) in [5.74, 6) is 0.451. The number of sulfone groups is 1. The largest absolute Gasteiger partial charge is 0.463 e. The molecule has 1 N–H and O–H groups in total. The maximum atomic E-state index is 12.6. The van der Waals surface area contributed by atoms with Crippen molar-refractivity contribution < 1.29 is 17.6 Å². The number of hydrogen-bond acceptors (Lipinski definition) is 5. The molecule has 3 heterocycles. The van der Waals surface area contributed by atoms with Crippen molar-refractivity contribution in [2.75, 3.05) is 18.1 Å². The molecule has 0 saturated carbocycles. The van der Waals surface area contributed by atoms with E-state index in [1.807, 2.05) is 18.2 Å². The van der Waals surface area contributed by atoms with E-state index in [9.17, 15) is 13.2 Å². The van der Waals surface area contributed by atoms with Gasteiger partial charge in [-0.2, -0.15) is 5.10 Å². The molecule has 1 atom stereocenters. The molecule has 3 aromatic rings. The van der Waals surface area contributed by atoms with Gasteiger partial charge in [-0.25, -0.2) is 8.42 Å². The lowest BCUT2D eigenvalue weighted by molar-refractivity contribution is 0.0947. The van der Waals surface area contributed by atoms with Crippen LogP contribution in [0.3, 0.4) is 0 Å². The van der Waals surface area contributed by atoms with Gasteiger partial charge < -0.3 is 9.73 Å². The summed E-state index contributed by atoms with van der Waals surface area (Å²) in [7, 11) is -3.08. The van der Waals surface area contributed by atoms with Gasteiger partial charge in [0.05, 0.1) is 23.8 Å². The van der Waals surface area contributed by atoms with Crippen LogP contribution in [0.15, 0.2) is 59.2 Å². The Morgan fingerprint density at radius 1 is 1.21 bits per heavy atom. The van der Waals surface area contributed by atoms with Crippen LogP contribution in [0.25, 0.3) is 11.5 Å². The molecule has 1 fully saturated rings. The van der Waals surface area contributed by atoms with Gasteiger partial charge in [0.25, 0.3) is 5.91 Å². The van der Waals surface area contributed by atoms with E-state index < -0.39 is 9.84 Å². The number of nitrogens with one attached hydrogen (secondary N) is 1. The SMILES string of the molecule is O=C(NCCCc1ccccc1)c1cc(-c2ccco2)n(C2CCS(=O)(=O)C2)n1. The normalized spacial score (nSPS) is 18.0. The molecule has 1 aliphatic rings. The van der Waals surface area contributed by atoms with Gasteiger partial charge in [0.1, 0.15) is 5.69 Å². The number of furan rings is 1. The van der Waals surface area contributed by atoms with Crippen molar-refractivity contribution in [3.63, 3.8) is 0 Å². The molecule has 2 aromatic heterocycles. The predicted molar refractivity (Wildman–Crippen MR) is 109 cm³/mol. The zero-order chi connectivity index (χ0) is 20.3. The summed E-state index contributed by atoms with van der Waals surface area (Å²) in [6, 6.07) is 15.0. The Bertz CT molecular complexity index is 1070. The van der Waals surface area contributed by atoms with Crippen LogP contribution >= 0.6 is 0 Å². The Kier molecular flexibility index (Phi) is 5.53. The zero-order valence-electron chi connectivity index (χ0n) is 16.0. The predicted octanol–water partition coefficient (Wildman–Crippen LogP) is 2.87. The Balaban J connectivity index is 1.46. The monoisotopic (exact) mass is 413 g/mol. The lowest BCUT2D eigenvalue weighted by Crippen LogP contribution is -2.25. The van der Waals surface area contributed by atoms with E-state index in [4.69, 9.17) is 4.42 Å². The number of aryl methyl sites for hydroxylation is 1. The number of carbonyl (C=O) groups is 1. The fourth-order valence-electron chi connectivity index (χ4n) is 3.59. The van der Waals surface area contributed by atoms with Crippen LogP contribution in [0.1, 0.15) is 34.9 Å². The Labute approximate surface area is 169 Å². The molecule has 4 rings (SSSR count). The van der Waals surface area contributed by atoms with Crippen LogP contribution in [0.2, 0.25) is 0 Å². The molecule has 7 nitrogen and oxygen atoms in total. The maximum Gasteiger partial charge on any atom is 0.271 e. The van der Waals surface area contributed by atoms with Crippen LogP contribution < -0.4 is 5.32 Å². The van der Waals surface area contributed by atoms with E-state index in [-0.39, 0.29) is 29.1 Å². The quantitative estimate of drug-likeness (QED) is 0.601. The van der Waals surface area contributed by atoms with Crippen LogP contribution in [-0.4, -0.2) is 42.2 Å². The zero-order valence-corrected chi connectivity index (χ0v) is 16.8. The average Bonchev–Trinajstić information content (AvgIpc) is 3.44. The number of aromatic nitrogens is 2. The minimum Gasteiger partial charge on any atom is -0.463 e. The summed E-state index contributed by atoms with van der Waals surface area (Å²) in [4.78, 5) is 12.6. The highest BCUT2D eigenvalue weighted by Gasteiger charge is 2.32. The third kappa shape index (κ3) is 4.59. The average molecular weight is 413 g/mol. The van der Waals surface area contributed by atoms with E-state index in [1.165, 1.54) is 5.56 Å². The first-order chi connectivity index (χ1) is 14.0. The first kappa shape index (κ1) is 19.4. The summed E-state index contributed by atoms with van der Waals surface area (Å²) in [6.45, 7) is 0.536. The summed E-state index contributed by atoms with van der Waals surface area (Å²) in [5, 5.41) is 7.33. The molecule has 1 amide bonds. The third-order valence-electron chi connectivity index (χ3n) is 5.07. The molecule has 0 aliphatic carbocycles. The molecule has 29 heavy (non-hydrogen) atoms. The van der Waals surface area contributed by atoms with Gasteiger partial charge in [0.15, 0.2) is 21.3 Å². The molecule has 1 aliphatic heterocycles. The smallest absolute Gasteiger partial charge is 0.271 e. The minimum atomic E-state index is -3.08. The number of carbonyl (C=O) groups excluding carboxylic acids is 1. The van der Waals surface area contributed by atoms with Gasteiger partial charge in [-0.3, -0.25) is 9.48 Å². The van der Waals surface area contributed by atoms with Crippen molar-refractivity contribution in [3.8, 4) is 11.5 Å². The Morgan fingerprint density at radius 3 is 2.72 bits per heavy atom. The van der Waals surface area contributed by atoms with Gasteiger partial charge in [-0.05, 0) is 37.0 Å². The second-order valence-electron chi connectivity index (χ2n) is 7.24. The lowest BCUT2D eigenvalue weighted by atomic mass is 10.1. The highest BCUT2D eigenvalue weighted by atomic mass is 32.2. The number of amides is 1. The fourth-order valence-corrected chi connectivity index (χ4v) is 5.28. The highest BCUT2D eigenvalue weighted by Crippen LogP contribution is 2.30. The van der Waals surface area contributed by atoms with E-state index >= 15 is 0 Å². The fraction of sp³-hybridized carbons (Fsp3) is 0.333. The summed E-state index contributed by atoms with van der Waals surface area (Å²) < 4.78 is 30.9. The summed E-state index contributed by atoms with van der Waals surface area (Å²) >= 11 is 0. The molecule has 0 spiro atoms. The van der Waals surface area contributed by atoms with Crippen molar-refractivity contribution in [1.29, 1.82) is 0 Å². The van der Waals surface area contributed by atoms with Crippen molar-refractivity contribution in [2.24, 2.45) is 0 Å². The van der Waals surface area contributed by atoms with Gasteiger partial charge in [-0.15, -0.1) is 0 Å². The van der Waals surface area contributed by atoms with Gasteiger partial charge >= 0.3 is 0 Å². The van der Waals surface area contributed by atoms with Crippen molar-refractivity contribution >= 4 is 15.7 Å². The molecule has 8 heteroatoms. The molecule has 0 radical (unpaired) electrons. The van der Waals surface area contributed by atoms with E-state index in [1.54, 1.807) is 29.1 Å². The number of nitrogens with zero attached hydrogens (tertiary/aromatic N) is 2. The number of benzene rings is 1. The summed E-state index contributed by atoms with van der Waals surface area (Å²) in [5.41, 5.74) is 2.11. The summed E-state index contributed by atoms with van der Waals surface area (Å²) in [6.07, 6.45) is 3.73. The van der Waals surface area contributed by atoms with Crippen molar-refractivity contribution in [1.82, 2.24) is 15.1 Å². The van der Waals surface area contributed by atoms with Crippen molar-refractivity contribution in [3.05, 3.63) is 66.1 Å². The lowest BCUT2D eigenvalue weighted by Gasteiger charge is -2.11. The van der Waals surface area contributed by atoms with Crippen LogP contribution in [0, 0.1) is 0 Å². The Hall–Kier alpha value is -2.87. The third-order valence-corrected chi connectivity index (χ3v) is 6.82. The number of rotatable bonds is 7. The molecule has 0 bridgehead atoms. The van der Waals surface area contributed by atoms with Crippen LogP contribution in [-0.2, 0) is 16.3 Å². The molecular weight excluding hydrogens is 390 g/mol. The maximum absolute atomic E-state index is 12.6. The molecule has 1 saturated heterocycles. The van der Waals surface area contributed by atoms with Gasteiger partial charge in [0.2, 0.25) is 0 Å². The molecule has 1 aromatic carbocycles. The Morgan fingerprint density at radius 2 is 2.03 bits per heavy atom. The van der Waals surface area contributed by atoms with Crippen molar-refractivity contribution in [2.45, 2.75) is 25.3 Å². The van der Waals surface area contributed by atoms with Crippen LogP contribution in [0.4, 0.5) is 0 Å². The van der Waals surface area contributed by atoms with E-state index in [2.05, 4.69) is 22.5 Å². The molecular formula is C21H23N3O4S. The first-order valence-electron chi connectivity index (χ1n) is 9.68. The molecule has 1 unspecified atom stereocenters. The van der Waals surface area contributed by atoms with Crippen LogP contribution in [0.5, 0.6) is 0 Å². The topological polar surface area (TPSA) is 94.2 Å². The molecule has 152 valence electrons. The minimum absolute atomic E-state index is 0.0283. The number of hydrogen-bond donors (Lipinski definition) is 1. The van der Waals surface area contributed by atoms with E-state index in [0.29, 0.717) is 24.4 Å².